The zero-order chi connectivity index (χ0) is 26.3. The molecule has 0 saturated carbocycles. The highest BCUT2D eigenvalue weighted by atomic mass is 32.2. The molecular formula is C32H30N2O2S. The molecule has 37 heavy (non-hydrogen) atoms. The van der Waals surface area contributed by atoms with E-state index < -0.39 is 10.0 Å². The normalized spacial score (nSPS) is 12.6. The van der Waals surface area contributed by atoms with E-state index >= 15 is 0 Å². The third-order valence-corrected chi connectivity index (χ3v) is 7.32. The van der Waals surface area contributed by atoms with E-state index in [4.69, 9.17) is 0 Å². The number of nitrogens with zero attached hydrogens (tertiary/aromatic N) is 1. The van der Waals surface area contributed by atoms with Crippen LogP contribution in [0.5, 0.6) is 0 Å². The Labute approximate surface area is 219 Å². The van der Waals surface area contributed by atoms with Gasteiger partial charge in [-0.25, -0.2) is 4.83 Å². The van der Waals surface area contributed by atoms with Crippen molar-refractivity contribution in [3.63, 3.8) is 0 Å². The molecule has 0 aliphatic rings. The molecule has 0 heterocycles. The standard InChI is InChI=1S/C32H30N2O2S/c1-24-13-17-27(18-14-24)19-22-32(28-9-5-4-6-10-28)26(3)31-12-8-7-11-29(31)23-33-34-37(35,36)30-20-15-25(2)16-21-30/h4-23,34H,1-3H3/b22-19+,32-26+,33-23+. The SMILES string of the molecule is C/C(=C(/C=C/c1ccc(C)cc1)c1ccccc1)c1ccccc1/C=N/NS(=O)(=O)c1ccc(C)cc1. The van der Waals surface area contributed by atoms with Gasteiger partial charge in [0.1, 0.15) is 0 Å². The van der Waals surface area contributed by atoms with E-state index in [1.807, 2.05) is 49.4 Å². The summed E-state index contributed by atoms with van der Waals surface area (Å²) in [6, 6.07) is 33.1. The van der Waals surface area contributed by atoms with Gasteiger partial charge in [0.05, 0.1) is 11.1 Å². The molecule has 4 aromatic rings. The second kappa shape index (κ2) is 11.7. The topological polar surface area (TPSA) is 58.5 Å². The Morgan fingerprint density at radius 2 is 1.35 bits per heavy atom. The summed E-state index contributed by atoms with van der Waals surface area (Å²) in [5, 5.41) is 4.09. The minimum atomic E-state index is -3.75. The van der Waals surface area contributed by atoms with Crippen molar-refractivity contribution >= 4 is 33.5 Å². The van der Waals surface area contributed by atoms with Crippen LogP contribution in [-0.2, 0) is 10.0 Å². The van der Waals surface area contributed by atoms with Gasteiger partial charge in [0.2, 0.25) is 0 Å². The number of hydrazone groups is 1. The van der Waals surface area contributed by atoms with Gasteiger partial charge in [-0.2, -0.15) is 13.5 Å². The molecule has 0 spiro atoms. The van der Waals surface area contributed by atoms with Crippen molar-refractivity contribution in [2.75, 3.05) is 0 Å². The van der Waals surface area contributed by atoms with Crippen molar-refractivity contribution in [2.45, 2.75) is 25.7 Å². The maximum Gasteiger partial charge on any atom is 0.276 e. The van der Waals surface area contributed by atoms with Crippen molar-refractivity contribution in [2.24, 2.45) is 5.10 Å². The van der Waals surface area contributed by atoms with E-state index in [1.54, 1.807) is 30.5 Å². The average molecular weight is 507 g/mol. The summed E-state index contributed by atoms with van der Waals surface area (Å²) >= 11 is 0. The molecule has 1 N–H and O–H groups in total. The molecule has 0 unspecified atom stereocenters. The minimum Gasteiger partial charge on any atom is -0.200 e. The predicted molar refractivity (Wildman–Crippen MR) is 155 cm³/mol. The van der Waals surface area contributed by atoms with E-state index in [2.05, 4.69) is 72.3 Å². The van der Waals surface area contributed by atoms with Crippen LogP contribution >= 0.6 is 0 Å². The first-order valence-electron chi connectivity index (χ1n) is 12.1. The minimum absolute atomic E-state index is 0.173. The lowest BCUT2D eigenvalue weighted by atomic mass is 9.92. The highest BCUT2D eigenvalue weighted by Gasteiger charge is 2.13. The second-order valence-corrected chi connectivity index (χ2v) is 10.6. The molecule has 0 amide bonds. The van der Waals surface area contributed by atoms with Crippen LogP contribution in [0.25, 0.3) is 17.2 Å². The van der Waals surface area contributed by atoms with E-state index in [0.29, 0.717) is 0 Å². The predicted octanol–water partition coefficient (Wildman–Crippen LogP) is 7.26. The van der Waals surface area contributed by atoms with Gasteiger partial charge in [-0.3, -0.25) is 0 Å². The number of allylic oxidation sites excluding steroid dienone is 3. The van der Waals surface area contributed by atoms with Crippen LogP contribution in [0.15, 0.2) is 119 Å². The van der Waals surface area contributed by atoms with Gasteiger partial charge >= 0.3 is 0 Å². The van der Waals surface area contributed by atoms with Gasteiger partial charge in [-0.05, 0) is 60.7 Å². The van der Waals surface area contributed by atoms with Gasteiger partial charge in [-0.1, -0.05) is 114 Å². The first-order valence-corrected chi connectivity index (χ1v) is 13.5. The molecule has 0 radical (unpaired) electrons. The van der Waals surface area contributed by atoms with E-state index in [-0.39, 0.29) is 4.90 Å². The fraction of sp³-hybridized carbons (Fsp3) is 0.0938. The van der Waals surface area contributed by atoms with Crippen LogP contribution in [0.1, 0.15) is 40.3 Å². The summed E-state index contributed by atoms with van der Waals surface area (Å²) in [5.41, 5.74) is 8.32. The van der Waals surface area contributed by atoms with E-state index in [1.165, 1.54) is 5.56 Å². The summed E-state index contributed by atoms with van der Waals surface area (Å²) < 4.78 is 25.3. The number of benzene rings is 4. The number of sulfonamides is 1. The zero-order valence-corrected chi connectivity index (χ0v) is 22.0. The summed E-state index contributed by atoms with van der Waals surface area (Å²) in [7, 11) is -3.75. The van der Waals surface area contributed by atoms with Crippen LogP contribution in [0.3, 0.4) is 0 Å². The van der Waals surface area contributed by atoms with Crippen LogP contribution < -0.4 is 4.83 Å². The Bertz CT molecular complexity index is 1550. The van der Waals surface area contributed by atoms with Crippen molar-refractivity contribution in [1.82, 2.24) is 4.83 Å². The number of hydrogen-bond acceptors (Lipinski definition) is 3. The third kappa shape index (κ3) is 6.72. The Balaban J connectivity index is 1.69. The molecule has 0 atom stereocenters. The van der Waals surface area contributed by atoms with Gasteiger partial charge in [0.15, 0.2) is 0 Å². The molecule has 0 aliphatic carbocycles. The van der Waals surface area contributed by atoms with Gasteiger partial charge in [0.25, 0.3) is 10.0 Å². The summed E-state index contributed by atoms with van der Waals surface area (Å²) in [4.78, 5) is 2.51. The van der Waals surface area contributed by atoms with Crippen LogP contribution in [0, 0.1) is 13.8 Å². The fourth-order valence-corrected chi connectivity index (χ4v) is 4.74. The molecule has 0 aromatic heterocycles. The van der Waals surface area contributed by atoms with Crippen LogP contribution in [0.4, 0.5) is 0 Å². The maximum absolute atomic E-state index is 12.6. The first kappa shape index (κ1) is 25.9. The van der Waals surface area contributed by atoms with Crippen molar-refractivity contribution < 1.29 is 8.42 Å². The monoisotopic (exact) mass is 506 g/mol. The molecule has 0 saturated heterocycles. The highest BCUT2D eigenvalue weighted by Crippen LogP contribution is 2.29. The Morgan fingerprint density at radius 3 is 2.03 bits per heavy atom. The molecule has 0 bridgehead atoms. The van der Waals surface area contributed by atoms with Gasteiger partial charge in [-0.15, -0.1) is 0 Å². The summed E-state index contributed by atoms with van der Waals surface area (Å²) in [5.74, 6) is 0. The van der Waals surface area contributed by atoms with E-state index in [9.17, 15) is 8.42 Å². The molecule has 4 nitrogen and oxygen atoms in total. The van der Waals surface area contributed by atoms with E-state index in [0.717, 1.165) is 39.0 Å². The smallest absolute Gasteiger partial charge is 0.200 e. The molecule has 4 rings (SSSR count). The summed E-state index contributed by atoms with van der Waals surface area (Å²) in [6.07, 6.45) is 5.79. The number of aryl methyl sites for hydroxylation is 2. The van der Waals surface area contributed by atoms with Crippen LogP contribution in [0.2, 0.25) is 0 Å². The fourth-order valence-electron chi connectivity index (χ4n) is 3.94. The lowest BCUT2D eigenvalue weighted by molar-refractivity contribution is 0.584. The Morgan fingerprint density at radius 1 is 0.757 bits per heavy atom. The molecule has 4 aromatic carbocycles. The number of rotatable bonds is 8. The molecule has 0 fully saturated rings. The maximum atomic E-state index is 12.6. The molecule has 186 valence electrons. The Hall–Kier alpha value is -4.22. The highest BCUT2D eigenvalue weighted by molar-refractivity contribution is 7.89. The van der Waals surface area contributed by atoms with Crippen molar-refractivity contribution in [3.05, 3.63) is 143 Å². The van der Waals surface area contributed by atoms with Gasteiger partial charge < -0.3 is 0 Å². The van der Waals surface area contributed by atoms with Crippen LogP contribution in [-0.4, -0.2) is 14.6 Å². The number of hydrogen-bond donors (Lipinski definition) is 1. The lowest BCUT2D eigenvalue weighted by Crippen LogP contribution is -2.18. The molecule has 0 aliphatic heterocycles. The van der Waals surface area contributed by atoms with Crippen molar-refractivity contribution in [1.29, 1.82) is 0 Å². The average Bonchev–Trinajstić information content (AvgIpc) is 2.91. The third-order valence-electron chi connectivity index (χ3n) is 6.08. The quantitative estimate of drug-likeness (QED) is 0.118. The largest absolute Gasteiger partial charge is 0.276 e. The lowest BCUT2D eigenvalue weighted by Gasteiger charge is -2.13. The first-order chi connectivity index (χ1) is 17.8. The van der Waals surface area contributed by atoms with Crippen molar-refractivity contribution in [3.8, 4) is 0 Å². The molecule has 5 heteroatoms. The molecular weight excluding hydrogens is 476 g/mol. The summed E-state index contributed by atoms with van der Waals surface area (Å²) in [6.45, 7) is 6.06. The second-order valence-electron chi connectivity index (χ2n) is 8.90. The number of nitrogens with one attached hydrogen (secondary N) is 1. The zero-order valence-electron chi connectivity index (χ0n) is 21.2. The Kier molecular flexibility index (Phi) is 8.16. The van der Waals surface area contributed by atoms with Gasteiger partial charge in [0, 0.05) is 5.56 Å².